The molecule has 0 amide bonds. The van der Waals surface area contributed by atoms with Gasteiger partial charge in [0.05, 0.1) is 0 Å². The summed E-state index contributed by atoms with van der Waals surface area (Å²) in [6.45, 7) is 2.32. The van der Waals surface area contributed by atoms with Crippen LogP contribution in [0.5, 0.6) is 0 Å². The minimum absolute atomic E-state index is 0.388. The zero-order valence-corrected chi connectivity index (χ0v) is 9.26. The summed E-state index contributed by atoms with van der Waals surface area (Å²) in [4.78, 5) is 14.1. The van der Waals surface area contributed by atoms with Crippen LogP contribution < -0.4 is 0 Å². The van der Waals surface area contributed by atoms with Crippen molar-refractivity contribution in [3.05, 3.63) is 0 Å². The maximum absolute atomic E-state index is 11.5. The molecule has 3 unspecified atom stereocenters. The van der Waals surface area contributed by atoms with Gasteiger partial charge in [0.15, 0.2) is 0 Å². The molecule has 2 nitrogen and oxygen atoms in total. The molecule has 0 N–H and O–H groups in total. The molecule has 2 bridgehead atoms. The lowest BCUT2D eigenvalue weighted by Crippen LogP contribution is -2.38. The van der Waals surface area contributed by atoms with Gasteiger partial charge in [0.25, 0.3) is 0 Å². The van der Waals surface area contributed by atoms with Gasteiger partial charge in [0, 0.05) is 42.5 Å². The van der Waals surface area contributed by atoms with Crippen LogP contribution in [0.1, 0.15) is 25.7 Å². The van der Waals surface area contributed by atoms with E-state index in [0.717, 1.165) is 37.1 Å². The number of likely N-dealkylation sites (tertiary alicyclic amines) is 1. The first-order valence-electron chi connectivity index (χ1n) is 5.71. The monoisotopic (exact) mass is 211 g/mol. The number of thioether (sulfide) groups is 1. The third-order valence-corrected chi connectivity index (χ3v) is 5.29. The van der Waals surface area contributed by atoms with E-state index >= 15 is 0 Å². The van der Waals surface area contributed by atoms with Crippen molar-refractivity contribution < 1.29 is 4.79 Å². The second-order valence-electron chi connectivity index (χ2n) is 4.85. The van der Waals surface area contributed by atoms with E-state index in [1.165, 1.54) is 18.7 Å². The van der Waals surface area contributed by atoms with E-state index in [4.69, 9.17) is 0 Å². The zero-order valence-electron chi connectivity index (χ0n) is 8.45. The summed E-state index contributed by atoms with van der Waals surface area (Å²) in [5, 5.41) is 0.886. The first-order valence-corrected chi connectivity index (χ1v) is 6.76. The molecule has 3 atom stereocenters. The van der Waals surface area contributed by atoms with Crippen LogP contribution in [0.3, 0.4) is 0 Å². The third-order valence-electron chi connectivity index (χ3n) is 3.90. The van der Waals surface area contributed by atoms with Crippen LogP contribution in [0.25, 0.3) is 0 Å². The lowest BCUT2D eigenvalue weighted by atomic mass is 10.1. The first kappa shape index (κ1) is 9.22. The minimum atomic E-state index is 0.388. The molecule has 3 rings (SSSR count). The molecule has 1 aliphatic carbocycles. The van der Waals surface area contributed by atoms with Crippen molar-refractivity contribution in [3.8, 4) is 0 Å². The van der Waals surface area contributed by atoms with Crippen LogP contribution in [0.4, 0.5) is 0 Å². The molecule has 14 heavy (non-hydrogen) atoms. The van der Waals surface area contributed by atoms with E-state index in [1.54, 1.807) is 0 Å². The van der Waals surface area contributed by atoms with Gasteiger partial charge in [0.1, 0.15) is 5.78 Å². The quantitative estimate of drug-likeness (QED) is 0.691. The van der Waals surface area contributed by atoms with Crippen LogP contribution in [0.2, 0.25) is 0 Å². The normalized spacial score (nSPS) is 42.6. The molecule has 3 heteroatoms. The fraction of sp³-hybridized carbons (Fsp3) is 0.909. The average Bonchev–Trinajstić information content (AvgIpc) is 2.83. The topological polar surface area (TPSA) is 20.3 Å². The van der Waals surface area contributed by atoms with Crippen LogP contribution >= 0.6 is 11.8 Å². The van der Waals surface area contributed by atoms with Crippen molar-refractivity contribution >= 4 is 17.5 Å². The number of carbonyl (C=O) groups excluding carboxylic acids is 1. The van der Waals surface area contributed by atoms with Gasteiger partial charge in [-0.05, 0) is 19.3 Å². The number of hydrogen-bond acceptors (Lipinski definition) is 3. The average molecular weight is 211 g/mol. The van der Waals surface area contributed by atoms with Crippen molar-refractivity contribution in [2.45, 2.75) is 37.0 Å². The molecule has 2 heterocycles. The third kappa shape index (κ3) is 1.50. The smallest absolute Gasteiger partial charge is 0.137 e. The predicted molar refractivity (Wildman–Crippen MR) is 58.6 cm³/mol. The van der Waals surface area contributed by atoms with E-state index in [-0.39, 0.29) is 0 Å². The molecule has 0 spiro atoms. The van der Waals surface area contributed by atoms with Gasteiger partial charge >= 0.3 is 0 Å². The Morgan fingerprint density at radius 1 is 1.50 bits per heavy atom. The standard InChI is InChI=1S/C11H17NOS/c13-11-3-1-2-8(11)5-12-6-10-4-9(12)7-14-10/h8-10H,1-7H2. The molecule has 0 aromatic carbocycles. The van der Waals surface area contributed by atoms with E-state index in [0.29, 0.717) is 11.7 Å². The number of carbonyl (C=O) groups is 1. The van der Waals surface area contributed by atoms with Crippen LogP contribution in [-0.4, -0.2) is 40.8 Å². The van der Waals surface area contributed by atoms with Crippen LogP contribution in [-0.2, 0) is 4.79 Å². The highest BCUT2D eigenvalue weighted by Gasteiger charge is 2.40. The Hall–Kier alpha value is -0.0200. The fourth-order valence-corrected chi connectivity index (χ4v) is 4.56. The molecule has 2 aliphatic heterocycles. The number of hydrogen-bond donors (Lipinski definition) is 0. The second-order valence-corrected chi connectivity index (χ2v) is 6.19. The minimum Gasteiger partial charge on any atom is -0.299 e. The molecule has 2 saturated heterocycles. The molecule has 3 aliphatic rings. The Kier molecular flexibility index (Phi) is 2.32. The van der Waals surface area contributed by atoms with E-state index in [1.807, 2.05) is 0 Å². The molecular weight excluding hydrogens is 194 g/mol. The van der Waals surface area contributed by atoms with Gasteiger partial charge < -0.3 is 0 Å². The highest BCUT2D eigenvalue weighted by atomic mass is 32.2. The van der Waals surface area contributed by atoms with E-state index in [2.05, 4.69) is 16.7 Å². The largest absolute Gasteiger partial charge is 0.299 e. The summed E-state index contributed by atoms with van der Waals surface area (Å²) in [6.07, 6.45) is 4.52. The lowest BCUT2D eigenvalue weighted by molar-refractivity contribution is -0.121. The molecule has 3 fully saturated rings. The number of nitrogens with zero attached hydrogens (tertiary/aromatic N) is 1. The summed E-state index contributed by atoms with van der Waals surface area (Å²) in [5.74, 6) is 2.23. The maximum atomic E-state index is 11.5. The molecule has 1 saturated carbocycles. The van der Waals surface area contributed by atoms with E-state index in [9.17, 15) is 4.79 Å². The van der Waals surface area contributed by atoms with Gasteiger partial charge in [0.2, 0.25) is 0 Å². The highest BCUT2D eigenvalue weighted by Crippen LogP contribution is 2.38. The Morgan fingerprint density at radius 3 is 3.00 bits per heavy atom. The highest BCUT2D eigenvalue weighted by molar-refractivity contribution is 8.00. The first-order chi connectivity index (χ1) is 6.83. The zero-order chi connectivity index (χ0) is 9.54. The van der Waals surface area contributed by atoms with Gasteiger partial charge in [-0.2, -0.15) is 11.8 Å². The Balaban J connectivity index is 1.60. The Labute approximate surface area is 89.4 Å². The summed E-state index contributed by atoms with van der Waals surface area (Å²) < 4.78 is 0. The molecule has 78 valence electrons. The second kappa shape index (κ2) is 3.53. The van der Waals surface area contributed by atoms with Gasteiger partial charge in [-0.15, -0.1) is 0 Å². The molecule has 0 aromatic rings. The fourth-order valence-electron chi connectivity index (χ4n) is 3.07. The molecule has 0 radical (unpaired) electrons. The van der Waals surface area contributed by atoms with Crippen LogP contribution in [0.15, 0.2) is 0 Å². The Bertz CT molecular complexity index is 256. The predicted octanol–water partition coefficient (Wildman–Crippen LogP) is 1.55. The van der Waals surface area contributed by atoms with Gasteiger partial charge in [-0.1, -0.05) is 0 Å². The summed E-state index contributed by atoms with van der Waals surface area (Å²) in [7, 11) is 0. The summed E-state index contributed by atoms with van der Waals surface area (Å²) in [5.41, 5.74) is 0. The lowest BCUT2D eigenvalue weighted by Gasteiger charge is -2.28. The Morgan fingerprint density at radius 2 is 2.43 bits per heavy atom. The summed E-state index contributed by atoms with van der Waals surface area (Å²) >= 11 is 2.13. The summed E-state index contributed by atoms with van der Waals surface area (Å²) in [6, 6.07) is 0.804. The number of fused-ring (bicyclic) bond motifs is 2. The number of Topliss-reactive ketones (excluding diaryl/α,β-unsaturated/α-hetero) is 1. The van der Waals surface area contributed by atoms with Gasteiger partial charge in [-0.25, -0.2) is 0 Å². The van der Waals surface area contributed by atoms with Gasteiger partial charge in [-0.3, -0.25) is 9.69 Å². The number of rotatable bonds is 2. The van der Waals surface area contributed by atoms with Crippen molar-refractivity contribution in [1.29, 1.82) is 0 Å². The molecule has 0 aromatic heterocycles. The van der Waals surface area contributed by atoms with Crippen molar-refractivity contribution in [3.63, 3.8) is 0 Å². The van der Waals surface area contributed by atoms with Crippen molar-refractivity contribution in [1.82, 2.24) is 4.90 Å². The van der Waals surface area contributed by atoms with E-state index < -0.39 is 0 Å². The SMILES string of the molecule is O=C1CCCC1CN1CC2CC1CS2. The maximum Gasteiger partial charge on any atom is 0.137 e. The van der Waals surface area contributed by atoms with Crippen molar-refractivity contribution in [2.24, 2.45) is 5.92 Å². The molecular formula is C11H17NOS. The van der Waals surface area contributed by atoms with Crippen molar-refractivity contribution in [2.75, 3.05) is 18.8 Å². The number of ketones is 1. The van der Waals surface area contributed by atoms with Crippen LogP contribution in [0, 0.1) is 5.92 Å².